The van der Waals surface area contributed by atoms with Crippen molar-refractivity contribution in [2.24, 2.45) is 10.4 Å². The normalized spacial score (nSPS) is 21.3. The summed E-state index contributed by atoms with van der Waals surface area (Å²) in [4.78, 5) is 4.49. The molecule has 1 aliphatic heterocycles. The van der Waals surface area contributed by atoms with Crippen LogP contribution in [0.2, 0.25) is 0 Å². The first-order valence-corrected chi connectivity index (χ1v) is 6.39. The van der Waals surface area contributed by atoms with Crippen LogP contribution < -0.4 is 0 Å². The fourth-order valence-corrected chi connectivity index (χ4v) is 1.95. The van der Waals surface area contributed by atoms with E-state index in [0.717, 1.165) is 6.42 Å². The third kappa shape index (κ3) is 3.10. The Hall–Kier alpha value is -1.35. The van der Waals surface area contributed by atoms with Gasteiger partial charge in [-0.1, -0.05) is 51.1 Å². The van der Waals surface area contributed by atoms with Gasteiger partial charge in [0.25, 0.3) is 0 Å². The topological polar surface area (TPSA) is 41.8 Å². The molecule has 0 spiro atoms. The van der Waals surface area contributed by atoms with Gasteiger partial charge >= 0.3 is 0 Å². The Kier molecular flexibility index (Phi) is 3.71. The Morgan fingerprint density at radius 3 is 2.61 bits per heavy atom. The first-order valence-electron chi connectivity index (χ1n) is 6.39. The van der Waals surface area contributed by atoms with Gasteiger partial charge in [0.2, 0.25) is 5.90 Å². The van der Waals surface area contributed by atoms with Crippen molar-refractivity contribution in [3.8, 4) is 0 Å². The van der Waals surface area contributed by atoms with Gasteiger partial charge in [0.05, 0.1) is 6.04 Å². The van der Waals surface area contributed by atoms with Crippen LogP contribution in [0.1, 0.15) is 26.3 Å². The molecular formula is C15H21NO2. The first-order chi connectivity index (χ1) is 8.47. The van der Waals surface area contributed by atoms with E-state index in [1.165, 1.54) is 5.56 Å². The van der Waals surface area contributed by atoms with Crippen molar-refractivity contribution in [1.29, 1.82) is 0 Å². The monoisotopic (exact) mass is 247 g/mol. The third-order valence-corrected chi connectivity index (χ3v) is 3.10. The SMILES string of the molecule is CC(C)(C)[C@@H](O)C1=N[C@@H](Cc2ccccc2)CO1. The Bertz CT molecular complexity index is 420. The number of hydrogen-bond acceptors (Lipinski definition) is 3. The first kappa shape index (κ1) is 13.1. The Labute approximate surface area is 109 Å². The Morgan fingerprint density at radius 1 is 1.33 bits per heavy atom. The van der Waals surface area contributed by atoms with Gasteiger partial charge in [-0.15, -0.1) is 0 Å². The fourth-order valence-electron chi connectivity index (χ4n) is 1.95. The van der Waals surface area contributed by atoms with Crippen LogP contribution in [0.3, 0.4) is 0 Å². The molecular weight excluding hydrogens is 226 g/mol. The molecule has 0 aromatic heterocycles. The van der Waals surface area contributed by atoms with Crippen molar-refractivity contribution in [2.45, 2.75) is 39.3 Å². The van der Waals surface area contributed by atoms with Gasteiger partial charge in [-0.25, -0.2) is 4.99 Å². The summed E-state index contributed by atoms with van der Waals surface area (Å²) in [6, 6.07) is 10.4. The van der Waals surface area contributed by atoms with Crippen molar-refractivity contribution in [2.75, 3.05) is 6.61 Å². The van der Waals surface area contributed by atoms with Gasteiger partial charge in [-0.2, -0.15) is 0 Å². The summed E-state index contributed by atoms with van der Waals surface area (Å²) in [5.74, 6) is 0.489. The van der Waals surface area contributed by atoms with Crippen molar-refractivity contribution in [3.05, 3.63) is 35.9 Å². The second kappa shape index (κ2) is 5.11. The number of ether oxygens (including phenoxy) is 1. The quantitative estimate of drug-likeness (QED) is 0.891. The van der Waals surface area contributed by atoms with Crippen LogP contribution in [0.25, 0.3) is 0 Å². The summed E-state index contributed by atoms with van der Waals surface area (Å²) in [6.07, 6.45) is 0.236. The summed E-state index contributed by atoms with van der Waals surface area (Å²) >= 11 is 0. The highest BCUT2D eigenvalue weighted by molar-refractivity contribution is 5.82. The number of nitrogens with zero attached hydrogens (tertiary/aromatic N) is 1. The standard InChI is InChI=1S/C15H21NO2/c1-15(2,3)13(17)14-16-12(10-18-14)9-11-7-5-4-6-8-11/h4-8,12-13,17H,9-10H2,1-3H3/t12-,13-/m0/s1. The minimum Gasteiger partial charge on any atom is -0.477 e. The average molecular weight is 247 g/mol. The van der Waals surface area contributed by atoms with E-state index in [1.54, 1.807) is 0 Å². The van der Waals surface area contributed by atoms with Crippen LogP contribution in [0.5, 0.6) is 0 Å². The van der Waals surface area contributed by atoms with Crippen LogP contribution in [0.4, 0.5) is 0 Å². The van der Waals surface area contributed by atoms with E-state index in [-0.39, 0.29) is 11.5 Å². The number of rotatable bonds is 3. The Morgan fingerprint density at radius 2 is 2.00 bits per heavy atom. The van der Waals surface area contributed by atoms with Crippen LogP contribution in [0, 0.1) is 5.41 Å². The van der Waals surface area contributed by atoms with E-state index in [9.17, 15) is 5.11 Å². The number of aliphatic hydroxyl groups excluding tert-OH is 1. The maximum atomic E-state index is 10.1. The molecule has 18 heavy (non-hydrogen) atoms. The second-order valence-corrected chi connectivity index (χ2v) is 5.89. The maximum absolute atomic E-state index is 10.1. The smallest absolute Gasteiger partial charge is 0.214 e. The Balaban J connectivity index is 2.01. The molecule has 0 amide bonds. The summed E-state index contributed by atoms with van der Waals surface area (Å²) in [6.45, 7) is 6.51. The van der Waals surface area contributed by atoms with Gasteiger partial charge in [0, 0.05) is 0 Å². The summed E-state index contributed by atoms with van der Waals surface area (Å²) in [7, 11) is 0. The minimum atomic E-state index is -0.627. The van der Waals surface area contributed by atoms with Crippen LogP contribution in [-0.4, -0.2) is 29.8 Å². The predicted octanol–water partition coefficient (Wildman–Crippen LogP) is 2.43. The van der Waals surface area contributed by atoms with E-state index < -0.39 is 6.10 Å². The number of aliphatic imine (C=N–C) groups is 1. The fraction of sp³-hybridized carbons (Fsp3) is 0.533. The molecule has 3 heteroatoms. The molecule has 0 saturated heterocycles. The molecule has 1 heterocycles. The zero-order chi connectivity index (χ0) is 13.2. The lowest BCUT2D eigenvalue weighted by Crippen LogP contribution is -2.34. The lowest BCUT2D eigenvalue weighted by Gasteiger charge is -2.24. The van der Waals surface area contributed by atoms with E-state index in [2.05, 4.69) is 17.1 Å². The molecule has 0 unspecified atom stereocenters. The molecule has 0 aliphatic carbocycles. The molecule has 0 bridgehead atoms. The molecule has 2 rings (SSSR count). The minimum absolute atomic E-state index is 0.124. The highest BCUT2D eigenvalue weighted by atomic mass is 16.5. The number of benzene rings is 1. The third-order valence-electron chi connectivity index (χ3n) is 3.10. The van der Waals surface area contributed by atoms with Gasteiger partial charge in [0.1, 0.15) is 12.7 Å². The van der Waals surface area contributed by atoms with Crippen LogP contribution >= 0.6 is 0 Å². The highest BCUT2D eigenvalue weighted by Gasteiger charge is 2.32. The van der Waals surface area contributed by atoms with Gasteiger partial charge in [-0.3, -0.25) is 0 Å². The molecule has 2 atom stereocenters. The molecule has 0 fully saturated rings. The summed E-state index contributed by atoms with van der Waals surface area (Å²) in [5.41, 5.74) is 1.02. The second-order valence-electron chi connectivity index (χ2n) is 5.89. The lowest BCUT2D eigenvalue weighted by atomic mass is 9.89. The maximum Gasteiger partial charge on any atom is 0.214 e. The zero-order valence-electron chi connectivity index (χ0n) is 11.3. The molecule has 1 aromatic rings. The lowest BCUT2D eigenvalue weighted by molar-refractivity contribution is 0.0985. The molecule has 1 aliphatic rings. The average Bonchev–Trinajstić information content (AvgIpc) is 2.76. The number of hydrogen-bond donors (Lipinski definition) is 1. The van der Waals surface area contributed by atoms with Gasteiger partial charge < -0.3 is 9.84 Å². The molecule has 1 N–H and O–H groups in total. The van der Waals surface area contributed by atoms with E-state index in [0.29, 0.717) is 12.5 Å². The zero-order valence-corrected chi connectivity index (χ0v) is 11.3. The molecule has 1 aromatic carbocycles. The van der Waals surface area contributed by atoms with Crippen molar-refractivity contribution in [3.63, 3.8) is 0 Å². The van der Waals surface area contributed by atoms with Gasteiger partial charge in [0.15, 0.2) is 0 Å². The molecule has 0 radical (unpaired) electrons. The van der Waals surface area contributed by atoms with E-state index in [4.69, 9.17) is 4.74 Å². The van der Waals surface area contributed by atoms with Crippen LogP contribution in [-0.2, 0) is 11.2 Å². The van der Waals surface area contributed by atoms with E-state index >= 15 is 0 Å². The van der Waals surface area contributed by atoms with E-state index in [1.807, 2.05) is 39.0 Å². The summed E-state index contributed by atoms with van der Waals surface area (Å²) < 4.78 is 5.53. The highest BCUT2D eigenvalue weighted by Crippen LogP contribution is 2.24. The predicted molar refractivity (Wildman–Crippen MR) is 72.8 cm³/mol. The number of aliphatic hydroxyl groups is 1. The molecule has 3 nitrogen and oxygen atoms in total. The molecule has 0 saturated carbocycles. The van der Waals surface area contributed by atoms with Crippen molar-refractivity contribution < 1.29 is 9.84 Å². The van der Waals surface area contributed by atoms with Crippen molar-refractivity contribution in [1.82, 2.24) is 0 Å². The largest absolute Gasteiger partial charge is 0.477 e. The van der Waals surface area contributed by atoms with Crippen LogP contribution in [0.15, 0.2) is 35.3 Å². The summed E-state index contributed by atoms with van der Waals surface area (Å²) in [5, 5.41) is 10.1. The van der Waals surface area contributed by atoms with Crippen molar-refractivity contribution >= 4 is 5.90 Å². The molecule has 98 valence electrons. The van der Waals surface area contributed by atoms with Gasteiger partial charge in [-0.05, 0) is 17.4 Å².